The Labute approximate surface area is 138 Å². The molecule has 0 atom stereocenters. The largest absolute Gasteiger partial charge is 0.489 e. The molecule has 1 aliphatic heterocycles. The number of amides is 1. The Balaban J connectivity index is 1.70. The van der Waals surface area contributed by atoms with Gasteiger partial charge in [0.25, 0.3) is 5.91 Å². The third-order valence-electron chi connectivity index (χ3n) is 3.69. The fourth-order valence-electron chi connectivity index (χ4n) is 2.48. The molecule has 1 aliphatic rings. The molecule has 24 heavy (non-hydrogen) atoms. The molecular weight excluding hydrogens is 313 g/mol. The first-order chi connectivity index (χ1) is 11.5. The molecule has 0 fully saturated rings. The van der Waals surface area contributed by atoms with Gasteiger partial charge in [-0.15, -0.1) is 0 Å². The van der Waals surface area contributed by atoms with E-state index < -0.39 is 5.82 Å². The van der Waals surface area contributed by atoms with Crippen molar-refractivity contribution in [3.63, 3.8) is 0 Å². The normalized spacial score (nSPS) is 13.0. The fraction of sp³-hybridized carbons (Fsp3) is 0.222. The highest BCUT2D eigenvalue weighted by atomic mass is 19.1. The molecule has 0 N–H and O–H groups in total. The molecule has 124 valence electrons. The zero-order valence-electron chi connectivity index (χ0n) is 13.1. The molecule has 0 aromatic heterocycles. The SMILES string of the molecule is CC(=O)c1cccc(OCC(=O)N2CCOc3cc(F)ccc32)c1. The van der Waals surface area contributed by atoms with Crippen LogP contribution in [-0.2, 0) is 4.79 Å². The van der Waals surface area contributed by atoms with Crippen LogP contribution >= 0.6 is 0 Å². The Morgan fingerprint density at radius 3 is 2.88 bits per heavy atom. The van der Waals surface area contributed by atoms with Crippen molar-refractivity contribution in [1.82, 2.24) is 0 Å². The van der Waals surface area contributed by atoms with Crippen LogP contribution in [0.1, 0.15) is 17.3 Å². The van der Waals surface area contributed by atoms with Crippen LogP contribution in [0, 0.1) is 5.82 Å². The van der Waals surface area contributed by atoms with Gasteiger partial charge in [-0.3, -0.25) is 9.59 Å². The van der Waals surface area contributed by atoms with Crippen molar-refractivity contribution in [2.45, 2.75) is 6.92 Å². The summed E-state index contributed by atoms with van der Waals surface area (Å²) >= 11 is 0. The van der Waals surface area contributed by atoms with E-state index in [9.17, 15) is 14.0 Å². The van der Waals surface area contributed by atoms with E-state index in [-0.39, 0.29) is 18.3 Å². The molecule has 3 rings (SSSR count). The number of halogens is 1. The van der Waals surface area contributed by atoms with Crippen LogP contribution in [0.2, 0.25) is 0 Å². The lowest BCUT2D eigenvalue weighted by Gasteiger charge is -2.29. The van der Waals surface area contributed by atoms with Crippen LogP contribution in [0.25, 0.3) is 0 Å². The number of ketones is 1. The van der Waals surface area contributed by atoms with E-state index in [1.54, 1.807) is 24.3 Å². The standard InChI is InChI=1S/C18H16FNO4/c1-12(21)13-3-2-4-15(9-13)24-11-18(22)20-7-8-23-17-10-14(19)5-6-16(17)20/h2-6,9-10H,7-8,11H2,1H3. The van der Waals surface area contributed by atoms with Crippen LogP contribution in [0.15, 0.2) is 42.5 Å². The average molecular weight is 329 g/mol. The predicted octanol–water partition coefficient (Wildman–Crippen LogP) is 2.83. The fourth-order valence-corrected chi connectivity index (χ4v) is 2.48. The number of anilines is 1. The number of benzene rings is 2. The molecule has 0 saturated heterocycles. The van der Waals surface area contributed by atoms with Crippen molar-refractivity contribution in [3.8, 4) is 11.5 Å². The van der Waals surface area contributed by atoms with Crippen molar-refractivity contribution in [3.05, 3.63) is 53.8 Å². The number of fused-ring (bicyclic) bond motifs is 1. The molecule has 0 bridgehead atoms. The highest BCUT2D eigenvalue weighted by molar-refractivity contribution is 5.96. The maximum Gasteiger partial charge on any atom is 0.265 e. The second-order valence-corrected chi connectivity index (χ2v) is 5.38. The molecule has 0 radical (unpaired) electrons. The van der Waals surface area contributed by atoms with Crippen molar-refractivity contribution in [2.75, 3.05) is 24.7 Å². The average Bonchev–Trinajstić information content (AvgIpc) is 2.59. The minimum atomic E-state index is -0.416. The van der Waals surface area contributed by atoms with Gasteiger partial charge in [0.15, 0.2) is 12.4 Å². The number of Topliss-reactive ketones (excluding diaryl/α,β-unsaturated/α-hetero) is 1. The molecule has 0 saturated carbocycles. The summed E-state index contributed by atoms with van der Waals surface area (Å²) in [6, 6.07) is 10.7. The van der Waals surface area contributed by atoms with E-state index in [1.165, 1.54) is 30.0 Å². The number of hydrogen-bond acceptors (Lipinski definition) is 4. The Hall–Kier alpha value is -2.89. The summed E-state index contributed by atoms with van der Waals surface area (Å²) in [5.74, 6) is 0.0347. The van der Waals surface area contributed by atoms with Crippen LogP contribution in [0.3, 0.4) is 0 Å². The number of hydrogen-bond donors (Lipinski definition) is 0. The van der Waals surface area contributed by atoms with E-state index in [4.69, 9.17) is 9.47 Å². The van der Waals surface area contributed by atoms with Gasteiger partial charge in [-0.25, -0.2) is 4.39 Å². The van der Waals surface area contributed by atoms with E-state index in [1.807, 2.05) is 0 Å². The lowest BCUT2D eigenvalue weighted by atomic mass is 10.1. The molecule has 0 spiro atoms. The van der Waals surface area contributed by atoms with E-state index in [0.29, 0.717) is 35.9 Å². The van der Waals surface area contributed by atoms with Crippen LogP contribution in [-0.4, -0.2) is 31.4 Å². The molecule has 2 aromatic rings. The minimum absolute atomic E-state index is 0.0732. The third-order valence-corrected chi connectivity index (χ3v) is 3.69. The topological polar surface area (TPSA) is 55.8 Å². The number of nitrogens with zero attached hydrogens (tertiary/aromatic N) is 1. The highest BCUT2D eigenvalue weighted by Crippen LogP contribution is 2.32. The molecule has 0 unspecified atom stereocenters. The number of ether oxygens (including phenoxy) is 2. The summed E-state index contributed by atoms with van der Waals surface area (Å²) in [6.07, 6.45) is 0. The first-order valence-electron chi connectivity index (χ1n) is 7.51. The minimum Gasteiger partial charge on any atom is -0.489 e. The zero-order valence-corrected chi connectivity index (χ0v) is 13.1. The summed E-state index contributed by atoms with van der Waals surface area (Å²) in [6.45, 7) is 1.95. The van der Waals surface area contributed by atoms with Gasteiger partial charge in [0.2, 0.25) is 0 Å². The Morgan fingerprint density at radius 1 is 1.25 bits per heavy atom. The molecule has 1 amide bonds. The Bertz CT molecular complexity index is 790. The first-order valence-corrected chi connectivity index (χ1v) is 7.51. The van der Waals surface area contributed by atoms with Gasteiger partial charge in [0.05, 0.1) is 12.2 Å². The predicted molar refractivity (Wildman–Crippen MR) is 86.2 cm³/mol. The smallest absolute Gasteiger partial charge is 0.265 e. The summed E-state index contributed by atoms with van der Waals surface area (Å²) in [5, 5.41) is 0. The Kier molecular flexibility index (Phi) is 4.46. The van der Waals surface area contributed by atoms with Crippen LogP contribution < -0.4 is 14.4 Å². The molecule has 5 nitrogen and oxygen atoms in total. The maximum atomic E-state index is 13.3. The number of rotatable bonds is 4. The molecule has 0 aliphatic carbocycles. The molecule has 6 heteroatoms. The summed E-state index contributed by atoms with van der Waals surface area (Å²) in [5.41, 5.74) is 1.04. The lowest BCUT2D eigenvalue weighted by Crippen LogP contribution is -2.40. The van der Waals surface area contributed by atoms with Crippen LogP contribution in [0.5, 0.6) is 11.5 Å². The zero-order chi connectivity index (χ0) is 17.1. The summed E-state index contributed by atoms with van der Waals surface area (Å²) in [7, 11) is 0. The van der Waals surface area contributed by atoms with Gasteiger partial charge in [0.1, 0.15) is 23.9 Å². The van der Waals surface area contributed by atoms with Gasteiger partial charge in [-0.05, 0) is 31.2 Å². The highest BCUT2D eigenvalue weighted by Gasteiger charge is 2.24. The van der Waals surface area contributed by atoms with Gasteiger partial charge < -0.3 is 14.4 Å². The molecular formula is C18H16FNO4. The summed E-state index contributed by atoms with van der Waals surface area (Å²) in [4.78, 5) is 25.3. The third kappa shape index (κ3) is 3.37. The first kappa shape index (κ1) is 16.0. The van der Waals surface area contributed by atoms with Gasteiger partial charge in [-0.2, -0.15) is 0 Å². The van der Waals surface area contributed by atoms with E-state index >= 15 is 0 Å². The lowest BCUT2D eigenvalue weighted by molar-refractivity contribution is -0.120. The van der Waals surface area contributed by atoms with Crippen molar-refractivity contribution in [1.29, 1.82) is 0 Å². The number of carbonyl (C=O) groups excluding carboxylic acids is 2. The van der Waals surface area contributed by atoms with Gasteiger partial charge in [0, 0.05) is 11.6 Å². The van der Waals surface area contributed by atoms with E-state index in [2.05, 4.69) is 0 Å². The second-order valence-electron chi connectivity index (χ2n) is 5.38. The second kappa shape index (κ2) is 6.70. The van der Waals surface area contributed by atoms with Crippen molar-refractivity contribution >= 4 is 17.4 Å². The Morgan fingerprint density at radius 2 is 2.08 bits per heavy atom. The van der Waals surface area contributed by atoms with E-state index in [0.717, 1.165) is 0 Å². The number of carbonyl (C=O) groups is 2. The van der Waals surface area contributed by atoms with Gasteiger partial charge >= 0.3 is 0 Å². The summed E-state index contributed by atoms with van der Waals surface area (Å²) < 4.78 is 24.1. The van der Waals surface area contributed by atoms with Gasteiger partial charge in [-0.1, -0.05) is 12.1 Å². The van der Waals surface area contributed by atoms with Crippen LogP contribution in [0.4, 0.5) is 10.1 Å². The molecule has 1 heterocycles. The maximum absolute atomic E-state index is 13.3. The molecule has 2 aromatic carbocycles. The monoisotopic (exact) mass is 329 g/mol. The van der Waals surface area contributed by atoms with Crippen molar-refractivity contribution < 1.29 is 23.5 Å². The quantitative estimate of drug-likeness (QED) is 0.810. The van der Waals surface area contributed by atoms with Crippen molar-refractivity contribution in [2.24, 2.45) is 0 Å².